The molecule has 9 heteroatoms. The molecule has 2 rings (SSSR count). The van der Waals surface area contributed by atoms with Crippen LogP contribution in [0.2, 0.25) is 0 Å². The third-order valence-electron chi connectivity index (χ3n) is 3.94. The van der Waals surface area contributed by atoms with Gasteiger partial charge in [-0.2, -0.15) is 4.58 Å². The topological polar surface area (TPSA) is 116 Å². The zero-order valence-corrected chi connectivity index (χ0v) is 15.5. The molecule has 0 unspecified atom stereocenters. The summed E-state index contributed by atoms with van der Waals surface area (Å²) in [5.74, 6) is 0.414. The van der Waals surface area contributed by atoms with Crippen LogP contribution in [0.1, 0.15) is 25.5 Å². The van der Waals surface area contributed by atoms with Crippen LogP contribution < -0.4 is 10.5 Å². The molecule has 24 heavy (non-hydrogen) atoms. The highest BCUT2D eigenvalue weighted by atomic mass is 32.2. The number of sulfone groups is 1. The van der Waals surface area contributed by atoms with Gasteiger partial charge in [-0.05, 0) is 38.3 Å². The number of fused-ring (bicyclic) bond motifs is 1. The first-order valence-electron chi connectivity index (χ1n) is 7.09. The Morgan fingerprint density at radius 2 is 2.12 bits per heavy atom. The quantitative estimate of drug-likeness (QED) is 0.260. The van der Waals surface area contributed by atoms with Crippen molar-refractivity contribution in [3.8, 4) is 11.9 Å². The molecule has 0 radical (unpaired) electrons. The zero-order chi connectivity index (χ0) is 18.3. The lowest BCUT2D eigenvalue weighted by atomic mass is 9.86. The highest BCUT2D eigenvalue weighted by Gasteiger charge is 2.47. The molecule has 0 amide bonds. The van der Waals surface area contributed by atoms with E-state index in [1.807, 2.05) is 6.19 Å². The van der Waals surface area contributed by atoms with Crippen molar-refractivity contribution in [3.63, 3.8) is 0 Å². The van der Waals surface area contributed by atoms with E-state index in [9.17, 15) is 18.8 Å². The van der Waals surface area contributed by atoms with Gasteiger partial charge in [0.05, 0.1) is 4.90 Å². The van der Waals surface area contributed by atoms with Crippen molar-refractivity contribution in [2.75, 3.05) is 12.5 Å². The van der Waals surface area contributed by atoms with Crippen molar-refractivity contribution in [2.45, 2.75) is 36.5 Å². The van der Waals surface area contributed by atoms with Crippen LogP contribution in [0.25, 0.3) is 0 Å². The van der Waals surface area contributed by atoms with E-state index in [0.717, 1.165) is 6.26 Å². The molecule has 1 heterocycles. The predicted octanol–water partition coefficient (Wildman–Crippen LogP) is 0.834. The molecule has 0 saturated carbocycles. The van der Waals surface area contributed by atoms with Crippen molar-refractivity contribution in [1.29, 1.82) is 5.26 Å². The number of rotatable bonds is 2. The molecule has 130 valence electrons. The number of ether oxygens (including phenoxy) is 1. The van der Waals surface area contributed by atoms with Crippen LogP contribution in [0.3, 0.4) is 0 Å². The largest absolute Gasteiger partial charge is 0.485 e. The second-order valence-electron chi connectivity index (χ2n) is 6.08. The van der Waals surface area contributed by atoms with Crippen LogP contribution in [-0.2, 0) is 9.84 Å². The van der Waals surface area contributed by atoms with E-state index in [1.54, 1.807) is 20.1 Å². The van der Waals surface area contributed by atoms with E-state index in [-0.39, 0.29) is 10.1 Å². The zero-order valence-electron chi connectivity index (χ0n) is 13.8. The van der Waals surface area contributed by atoms with Gasteiger partial charge in [0.15, 0.2) is 15.9 Å². The third kappa shape index (κ3) is 3.22. The maximum absolute atomic E-state index is 11.8. The SMILES string of the molecule is CSC(N)=[N+](C#N)[C@H]1c2cc(S(C)(=O)=O)ccc2OC(C)(C)[C@@H]1O. The van der Waals surface area contributed by atoms with Crippen LogP contribution in [0, 0.1) is 11.5 Å². The monoisotopic (exact) mass is 370 g/mol. The van der Waals surface area contributed by atoms with Gasteiger partial charge in [0.2, 0.25) is 0 Å². The summed E-state index contributed by atoms with van der Waals surface area (Å²) in [7, 11) is -3.45. The summed E-state index contributed by atoms with van der Waals surface area (Å²) >= 11 is 1.17. The van der Waals surface area contributed by atoms with Gasteiger partial charge in [0.25, 0.3) is 5.17 Å². The first kappa shape index (κ1) is 18.6. The smallest absolute Gasteiger partial charge is 0.371 e. The molecule has 0 aromatic heterocycles. The lowest BCUT2D eigenvalue weighted by Gasteiger charge is -2.41. The summed E-state index contributed by atoms with van der Waals surface area (Å²) in [5.41, 5.74) is 5.33. The second-order valence-corrected chi connectivity index (χ2v) is 8.92. The lowest BCUT2D eigenvalue weighted by Crippen LogP contribution is -2.52. The fourth-order valence-corrected chi connectivity index (χ4v) is 3.61. The number of nitrogens with zero attached hydrogens (tertiary/aromatic N) is 2. The standard InChI is InChI=1S/C15H19N3O4S2/c1-15(2)13(19)12(18(8-16)14(17)23-3)10-7-9(24(4,20)21)5-6-11(10)22-15/h5-7,12-13,17,19H,1-4H3/p+1/t12-,13+/m0/s1. The van der Waals surface area contributed by atoms with Gasteiger partial charge in [-0.3, -0.25) is 0 Å². The maximum Gasteiger partial charge on any atom is 0.371 e. The Morgan fingerprint density at radius 3 is 2.62 bits per heavy atom. The normalized spacial score (nSPS) is 23.5. The molecule has 3 N–H and O–H groups in total. The first-order valence-corrected chi connectivity index (χ1v) is 10.2. The number of aliphatic hydroxyl groups excluding tert-OH is 1. The third-order valence-corrected chi connectivity index (χ3v) is 5.67. The Kier molecular flexibility index (Phi) is 4.86. The number of benzene rings is 1. The minimum Gasteiger partial charge on any atom is -0.485 e. The molecule has 2 atom stereocenters. The van der Waals surface area contributed by atoms with Crippen molar-refractivity contribution in [3.05, 3.63) is 23.8 Å². The fourth-order valence-electron chi connectivity index (χ4n) is 2.60. The summed E-state index contributed by atoms with van der Waals surface area (Å²) < 4.78 is 30.7. The molecule has 0 aliphatic carbocycles. The van der Waals surface area contributed by atoms with E-state index < -0.39 is 27.6 Å². The average Bonchev–Trinajstić information content (AvgIpc) is 2.49. The number of aliphatic hydroxyl groups is 1. The molecular weight excluding hydrogens is 350 g/mol. The van der Waals surface area contributed by atoms with Crippen molar-refractivity contribution in [1.82, 2.24) is 0 Å². The van der Waals surface area contributed by atoms with E-state index in [4.69, 9.17) is 10.5 Å². The number of nitrogens with two attached hydrogens (primary N) is 1. The molecule has 1 aliphatic rings. The van der Waals surface area contributed by atoms with E-state index in [2.05, 4.69) is 0 Å². The van der Waals surface area contributed by atoms with Crippen molar-refractivity contribution in [2.24, 2.45) is 5.73 Å². The highest BCUT2D eigenvalue weighted by molar-refractivity contribution is 8.12. The summed E-state index contributed by atoms with van der Waals surface area (Å²) in [6.45, 7) is 3.39. The van der Waals surface area contributed by atoms with Crippen molar-refractivity contribution < 1.29 is 22.8 Å². The summed E-state index contributed by atoms with van der Waals surface area (Å²) in [6.07, 6.45) is 3.69. The van der Waals surface area contributed by atoms with Gasteiger partial charge in [-0.1, -0.05) is 11.8 Å². The summed E-state index contributed by atoms with van der Waals surface area (Å²) in [5, 5.41) is 20.5. The molecular formula is C15H20N3O4S2+. The average molecular weight is 370 g/mol. The molecule has 7 nitrogen and oxygen atoms in total. The van der Waals surface area contributed by atoms with Gasteiger partial charge in [0, 0.05) is 17.1 Å². The Labute approximate surface area is 145 Å². The van der Waals surface area contributed by atoms with Gasteiger partial charge >= 0.3 is 6.19 Å². The molecule has 1 aliphatic heterocycles. The summed E-state index contributed by atoms with van der Waals surface area (Å²) in [4.78, 5) is 0.0855. The number of hydrogen-bond acceptors (Lipinski definition) is 6. The van der Waals surface area contributed by atoms with E-state index >= 15 is 0 Å². The van der Waals surface area contributed by atoms with E-state index in [1.165, 1.54) is 34.5 Å². The summed E-state index contributed by atoms with van der Waals surface area (Å²) in [6, 6.07) is 3.56. The molecule has 1 aromatic carbocycles. The Bertz CT molecular complexity index is 841. The Balaban J connectivity index is 2.78. The van der Waals surface area contributed by atoms with Crippen LogP contribution in [-0.4, -0.2) is 47.5 Å². The van der Waals surface area contributed by atoms with Gasteiger partial charge in [-0.15, -0.1) is 0 Å². The highest BCUT2D eigenvalue weighted by Crippen LogP contribution is 2.42. The minimum absolute atomic E-state index is 0.0855. The molecule has 0 fully saturated rings. The van der Waals surface area contributed by atoms with Crippen LogP contribution in [0.15, 0.2) is 23.1 Å². The minimum atomic E-state index is -3.45. The lowest BCUT2D eigenvalue weighted by molar-refractivity contribution is -0.510. The molecule has 0 spiro atoms. The first-order chi connectivity index (χ1) is 11.0. The fraction of sp³-hybridized carbons (Fsp3) is 0.467. The maximum atomic E-state index is 11.8. The van der Waals surface area contributed by atoms with Crippen LogP contribution >= 0.6 is 11.8 Å². The van der Waals surface area contributed by atoms with Gasteiger partial charge in [-0.25, -0.2) is 8.42 Å². The number of thioether (sulfide) groups is 1. The Morgan fingerprint density at radius 1 is 1.50 bits per heavy atom. The molecule has 0 bridgehead atoms. The van der Waals surface area contributed by atoms with Gasteiger partial charge < -0.3 is 15.6 Å². The molecule has 0 saturated heterocycles. The van der Waals surface area contributed by atoms with E-state index in [0.29, 0.717) is 11.3 Å². The number of amidine groups is 1. The van der Waals surface area contributed by atoms with Gasteiger partial charge in [0.1, 0.15) is 17.5 Å². The second kappa shape index (κ2) is 6.27. The van der Waals surface area contributed by atoms with Crippen LogP contribution in [0.4, 0.5) is 0 Å². The molecule has 1 aromatic rings. The predicted molar refractivity (Wildman–Crippen MR) is 91.6 cm³/mol. The van der Waals surface area contributed by atoms with Crippen LogP contribution in [0.5, 0.6) is 5.75 Å². The number of hydrogen-bond donors (Lipinski definition) is 2. The number of nitriles is 1. The van der Waals surface area contributed by atoms with Crippen molar-refractivity contribution >= 4 is 26.8 Å². The Hall–Kier alpha value is -1.76.